The van der Waals surface area contributed by atoms with Crippen molar-refractivity contribution in [2.75, 3.05) is 83.4 Å². The van der Waals surface area contributed by atoms with Gasteiger partial charge in [-0.3, -0.25) is 0 Å². The van der Waals surface area contributed by atoms with E-state index >= 15 is 0 Å². The average Bonchev–Trinajstić information content (AvgIpc) is 3.42. The number of quaternary nitrogens is 2. The maximum atomic E-state index is 5.56. The van der Waals surface area contributed by atoms with Crippen LogP contribution in [0, 0.1) is 6.92 Å². The summed E-state index contributed by atoms with van der Waals surface area (Å²) in [7, 11) is 6.23. The van der Waals surface area contributed by atoms with E-state index in [1.165, 1.54) is 5.56 Å². The normalized spacial score (nSPS) is 17.4. The molecule has 10 heteroatoms. The van der Waals surface area contributed by atoms with Crippen molar-refractivity contribution < 1.29 is 18.9 Å². The van der Waals surface area contributed by atoms with Gasteiger partial charge in [0.25, 0.3) is 0 Å². The maximum absolute atomic E-state index is 5.56. The first-order valence-electron chi connectivity index (χ1n) is 14.3. The Balaban J connectivity index is 1.49. The summed E-state index contributed by atoms with van der Waals surface area (Å²) in [5, 5.41) is 9.44. The number of nitrogens with one attached hydrogen (secondary N) is 3. The van der Waals surface area contributed by atoms with E-state index in [1.54, 1.807) is 16.9 Å². The van der Waals surface area contributed by atoms with E-state index in [2.05, 4.69) is 76.7 Å². The summed E-state index contributed by atoms with van der Waals surface area (Å²) in [5.74, 6) is 3.61. The van der Waals surface area contributed by atoms with Crippen molar-refractivity contribution in [1.82, 2.24) is 20.2 Å². The molecule has 2 aliphatic rings. The number of ether oxygens (including phenoxy) is 1. The Morgan fingerprint density at radius 1 is 0.825 bits per heavy atom. The molecule has 206 valence electrons. The molecule has 2 saturated heterocycles. The third kappa shape index (κ3) is 4.28. The molecule has 2 aromatic carbocycles. The van der Waals surface area contributed by atoms with Crippen LogP contribution in [0.1, 0.15) is 5.56 Å². The number of hydrogen-bond donors (Lipinski definition) is 3. The molecule has 3 aromatic heterocycles. The van der Waals surface area contributed by atoms with Gasteiger partial charge < -0.3 is 24.3 Å². The van der Waals surface area contributed by atoms with E-state index in [9.17, 15) is 0 Å². The Morgan fingerprint density at radius 3 is 2.17 bits per heavy atom. The molecule has 0 unspecified atom stereocenters. The number of rotatable bonds is 4. The Hall–Kier alpha value is -4.02. The number of benzene rings is 2. The largest absolute Gasteiger partial charge is 0.497 e. The van der Waals surface area contributed by atoms with Gasteiger partial charge in [0.05, 0.1) is 84.6 Å². The van der Waals surface area contributed by atoms with Gasteiger partial charge in [-0.2, -0.15) is 4.40 Å². The van der Waals surface area contributed by atoms with Gasteiger partial charge in [0, 0.05) is 10.5 Å². The molecule has 0 saturated carbocycles. The number of fused-ring (bicyclic) bond motifs is 4. The summed E-state index contributed by atoms with van der Waals surface area (Å²) in [6, 6.07) is 14.8. The number of anilines is 2. The van der Waals surface area contributed by atoms with Crippen molar-refractivity contribution in [3.05, 3.63) is 48.0 Å². The molecular formula is C30H38N9O+3. The molecule has 0 spiro atoms. The number of methoxy groups -OCH3 is 1. The molecular weight excluding hydrogens is 502 g/mol. The second-order valence-corrected chi connectivity index (χ2v) is 11.5. The minimum Gasteiger partial charge on any atom is -0.497 e. The van der Waals surface area contributed by atoms with Crippen LogP contribution >= 0.6 is 0 Å². The number of H-pyrrole nitrogens is 1. The first kappa shape index (κ1) is 25.0. The van der Waals surface area contributed by atoms with E-state index in [0.717, 1.165) is 109 Å². The Bertz CT molecular complexity index is 1720. The molecule has 7 rings (SSSR count). The highest BCUT2D eigenvalue weighted by Gasteiger charge is 2.32. The quantitative estimate of drug-likeness (QED) is 0.276. The molecule has 0 bridgehead atoms. The van der Waals surface area contributed by atoms with E-state index in [1.807, 2.05) is 6.07 Å². The number of aromatic amines is 1. The number of pyridine rings is 1. The summed E-state index contributed by atoms with van der Waals surface area (Å²) in [4.78, 5) is 18.3. The Kier molecular flexibility index (Phi) is 6.16. The van der Waals surface area contributed by atoms with Gasteiger partial charge in [-0.15, -0.1) is 5.10 Å². The molecule has 0 amide bonds. The van der Waals surface area contributed by atoms with Crippen molar-refractivity contribution in [2.45, 2.75) is 6.92 Å². The van der Waals surface area contributed by atoms with Crippen LogP contribution in [0.5, 0.6) is 5.75 Å². The molecule has 0 aliphatic carbocycles. The predicted molar refractivity (Wildman–Crippen MR) is 157 cm³/mol. The summed E-state index contributed by atoms with van der Waals surface area (Å²) >= 11 is 0. The van der Waals surface area contributed by atoms with Crippen molar-refractivity contribution in [1.29, 1.82) is 0 Å². The van der Waals surface area contributed by atoms with Crippen LogP contribution in [0.3, 0.4) is 0 Å². The standard InChI is InChI=1S/C30H35N9O/c1-20-5-7-25-26(17-20)39-28(33-34-30(39)29(32-25)38-15-11-36(3)12-16-38)23-19-21-18-22(40-4)6-8-24(21)31-27(23)37-13-9-35(2)10-14-37/h5-8,17-19H,9-16H2,1-4H3/p+3. The summed E-state index contributed by atoms with van der Waals surface area (Å²) in [6.45, 7) is 10.3. The van der Waals surface area contributed by atoms with Crippen molar-refractivity contribution in [3.63, 3.8) is 0 Å². The number of piperazine rings is 2. The van der Waals surface area contributed by atoms with Crippen LogP contribution in [-0.4, -0.2) is 93.7 Å². The van der Waals surface area contributed by atoms with Crippen molar-refractivity contribution in [2.24, 2.45) is 0 Å². The van der Waals surface area contributed by atoms with Crippen LogP contribution in [0.15, 0.2) is 42.5 Å². The lowest BCUT2D eigenvalue weighted by atomic mass is 10.1. The minimum absolute atomic E-state index is 0.820. The molecule has 0 atom stereocenters. The Labute approximate surface area is 233 Å². The zero-order chi connectivity index (χ0) is 27.4. The van der Waals surface area contributed by atoms with Gasteiger partial charge in [0.1, 0.15) is 22.6 Å². The number of aryl methyl sites for hydroxylation is 1. The fourth-order valence-electron chi connectivity index (χ4n) is 6.05. The molecule has 2 aliphatic heterocycles. The second-order valence-electron chi connectivity index (χ2n) is 11.5. The van der Waals surface area contributed by atoms with Gasteiger partial charge in [-0.1, -0.05) is 6.07 Å². The lowest BCUT2D eigenvalue weighted by molar-refractivity contribution is -0.880. The number of aromatic nitrogens is 5. The molecule has 5 heterocycles. The lowest BCUT2D eigenvalue weighted by Gasteiger charge is -2.31. The number of likely N-dealkylation sites (N-methyl/N-ethyl adjacent to an activating group) is 2. The van der Waals surface area contributed by atoms with E-state index in [4.69, 9.17) is 19.8 Å². The van der Waals surface area contributed by atoms with E-state index < -0.39 is 0 Å². The van der Waals surface area contributed by atoms with Gasteiger partial charge in [-0.05, 0) is 48.9 Å². The molecule has 5 aromatic rings. The molecule has 40 heavy (non-hydrogen) atoms. The SMILES string of the molecule is COc1ccc2nc(N3CC[NH+](C)CC3)c(-c3n[nH]c4c(N5CC[NH+](C)CC5)nc5ccc(C)cc5[n+]34)cc2c1. The van der Waals surface area contributed by atoms with Gasteiger partial charge in [-0.25, -0.2) is 9.97 Å². The van der Waals surface area contributed by atoms with Gasteiger partial charge >= 0.3 is 11.5 Å². The van der Waals surface area contributed by atoms with E-state index in [0.29, 0.717) is 0 Å². The molecule has 10 nitrogen and oxygen atoms in total. The van der Waals surface area contributed by atoms with Crippen LogP contribution in [0.2, 0.25) is 0 Å². The topological polar surface area (TPSA) is 83.1 Å². The third-order valence-electron chi connectivity index (χ3n) is 8.59. The van der Waals surface area contributed by atoms with Crippen LogP contribution in [0.4, 0.5) is 11.6 Å². The molecule has 2 fully saturated rings. The monoisotopic (exact) mass is 540 g/mol. The van der Waals surface area contributed by atoms with Crippen molar-refractivity contribution >= 4 is 39.2 Å². The second kappa shape index (κ2) is 9.87. The highest BCUT2D eigenvalue weighted by Crippen LogP contribution is 2.33. The molecule has 3 N–H and O–H groups in total. The predicted octanol–water partition coefficient (Wildman–Crippen LogP) is -0.102. The van der Waals surface area contributed by atoms with Crippen LogP contribution in [0.25, 0.3) is 39.0 Å². The highest BCUT2D eigenvalue weighted by molar-refractivity contribution is 5.89. The summed E-state index contributed by atoms with van der Waals surface area (Å²) in [6.07, 6.45) is 0. The first-order chi connectivity index (χ1) is 19.5. The smallest absolute Gasteiger partial charge is 0.317 e. The van der Waals surface area contributed by atoms with Crippen LogP contribution in [-0.2, 0) is 0 Å². The van der Waals surface area contributed by atoms with Gasteiger partial charge in [0.15, 0.2) is 0 Å². The molecule has 0 radical (unpaired) electrons. The van der Waals surface area contributed by atoms with Crippen LogP contribution < -0.4 is 28.7 Å². The summed E-state index contributed by atoms with van der Waals surface area (Å²) in [5.41, 5.74) is 6.09. The average molecular weight is 541 g/mol. The van der Waals surface area contributed by atoms with Crippen molar-refractivity contribution in [3.8, 4) is 17.1 Å². The third-order valence-corrected chi connectivity index (χ3v) is 8.59. The van der Waals surface area contributed by atoms with Gasteiger partial charge in [0.2, 0.25) is 5.82 Å². The minimum atomic E-state index is 0.820. The number of nitrogens with zero attached hydrogens (tertiary/aromatic N) is 6. The maximum Gasteiger partial charge on any atom is 0.317 e. The summed E-state index contributed by atoms with van der Waals surface area (Å²) < 4.78 is 7.83. The lowest BCUT2D eigenvalue weighted by Crippen LogP contribution is -3.12. The Morgan fingerprint density at radius 2 is 1.48 bits per heavy atom. The number of hydrogen-bond acceptors (Lipinski definition) is 6. The first-order valence-corrected chi connectivity index (χ1v) is 14.3. The highest BCUT2D eigenvalue weighted by atomic mass is 16.5. The fourth-order valence-corrected chi connectivity index (χ4v) is 6.05. The zero-order valence-electron chi connectivity index (χ0n) is 23.8. The zero-order valence-corrected chi connectivity index (χ0v) is 23.8. The van der Waals surface area contributed by atoms with E-state index in [-0.39, 0.29) is 0 Å². The fraction of sp³-hybridized carbons (Fsp3) is 0.400.